The Morgan fingerprint density at radius 2 is 1.62 bits per heavy atom. The summed E-state index contributed by atoms with van der Waals surface area (Å²) >= 11 is 0. The van der Waals surface area contributed by atoms with Gasteiger partial charge >= 0.3 is 16.1 Å². The summed E-state index contributed by atoms with van der Waals surface area (Å²) in [6.45, 7) is 1.85. The van der Waals surface area contributed by atoms with Crippen LogP contribution in [0.15, 0.2) is 53.4 Å². The number of hydrogen-bond acceptors (Lipinski definition) is 6. The minimum absolute atomic E-state index is 0.00956. The highest BCUT2D eigenvalue weighted by Crippen LogP contribution is 2.30. The molecule has 2 rings (SSSR count). The van der Waals surface area contributed by atoms with Crippen LogP contribution < -0.4 is 4.18 Å². The fourth-order valence-corrected chi connectivity index (χ4v) is 3.06. The Kier molecular flexibility index (Phi) is 5.58. The first kappa shape index (κ1) is 18.0. The van der Waals surface area contributed by atoms with Crippen LogP contribution in [-0.4, -0.2) is 28.6 Å². The Bertz CT molecular complexity index is 811. The summed E-state index contributed by atoms with van der Waals surface area (Å²) in [6.07, 6.45) is -1.08. The van der Waals surface area contributed by atoms with E-state index >= 15 is 0 Å². The first-order valence-electron chi connectivity index (χ1n) is 7.09. The van der Waals surface area contributed by atoms with Crippen molar-refractivity contribution in [1.29, 1.82) is 0 Å². The van der Waals surface area contributed by atoms with Gasteiger partial charge in [-0.15, -0.1) is 0 Å². The van der Waals surface area contributed by atoms with Crippen molar-refractivity contribution >= 4 is 16.1 Å². The normalized spacial score (nSPS) is 12.5. The molecule has 7 heteroatoms. The second-order valence-electron chi connectivity index (χ2n) is 5.03. The molecule has 0 aromatic heterocycles. The summed E-state index contributed by atoms with van der Waals surface area (Å²) in [5.74, 6) is -0.642. The summed E-state index contributed by atoms with van der Waals surface area (Å²) in [5, 5.41) is 0. The number of methoxy groups -OCH3 is 2. The number of para-hydroxylation sites is 1. The third kappa shape index (κ3) is 3.93. The molecule has 2 aromatic carbocycles. The molecule has 0 fully saturated rings. The van der Waals surface area contributed by atoms with E-state index in [0.29, 0.717) is 0 Å². The number of carbonyl (C=O) groups excluding carboxylic acids is 1. The van der Waals surface area contributed by atoms with Crippen molar-refractivity contribution in [3.05, 3.63) is 59.7 Å². The average molecular weight is 350 g/mol. The topological polar surface area (TPSA) is 78.9 Å². The first-order chi connectivity index (χ1) is 11.4. The zero-order valence-corrected chi connectivity index (χ0v) is 14.4. The van der Waals surface area contributed by atoms with E-state index in [0.717, 1.165) is 5.56 Å². The number of aryl methyl sites for hydroxylation is 1. The second-order valence-corrected chi connectivity index (χ2v) is 6.57. The minimum Gasteiger partial charge on any atom is -0.467 e. The van der Waals surface area contributed by atoms with Gasteiger partial charge in [-0.25, -0.2) is 4.79 Å². The van der Waals surface area contributed by atoms with E-state index in [-0.39, 0.29) is 16.2 Å². The van der Waals surface area contributed by atoms with Gasteiger partial charge in [0, 0.05) is 12.7 Å². The van der Waals surface area contributed by atoms with Crippen molar-refractivity contribution in [2.75, 3.05) is 14.2 Å². The predicted octanol–water partition coefficient (Wildman–Crippen LogP) is 2.62. The quantitative estimate of drug-likeness (QED) is 0.589. The molecule has 2 aromatic rings. The van der Waals surface area contributed by atoms with Crippen molar-refractivity contribution in [1.82, 2.24) is 0 Å². The van der Waals surface area contributed by atoms with Crippen molar-refractivity contribution in [2.45, 2.75) is 17.9 Å². The molecule has 24 heavy (non-hydrogen) atoms. The smallest absolute Gasteiger partial charge is 0.339 e. The Balaban J connectivity index is 2.39. The Morgan fingerprint density at radius 1 is 1.00 bits per heavy atom. The van der Waals surface area contributed by atoms with E-state index < -0.39 is 22.2 Å². The lowest BCUT2D eigenvalue weighted by molar-refractivity contribution is -0.152. The van der Waals surface area contributed by atoms with Crippen molar-refractivity contribution in [2.24, 2.45) is 0 Å². The standard InChI is InChI=1S/C17H18O6S/c1-12-8-10-13(11-9-12)24(19,20)23-15-7-5-4-6-14(15)16(21-2)17(18)22-3/h4-11,16H,1-3H3. The van der Waals surface area contributed by atoms with Crippen LogP contribution in [0.2, 0.25) is 0 Å². The number of carbonyl (C=O) groups is 1. The zero-order valence-electron chi connectivity index (χ0n) is 13.6. The summed E-state index contributed by atoms with van der Waals surface area (Å²) in [4.78, 5) is 11.8. The number of rotatable bonds is 6. The maximum atomic E-state index is 12.4. The van der Waals surface area contributed by atoms with Crippen LogP contribution in [0, 0.1) is 6.92 Å². The Hall–Kier alpha value is -2.38. The number of hydrogen-bond donors (Lipinski definition) is 0. The van der Waals surface area contributed by atoms with Crippen LogP contribution in [-0.2, 0) is 24.4 Å². The second kappa shape index (κ2) is 7.46. The van der Waals surface area contributed by atoms with Crippen LogP contribution >= 0.6 is 0 Å². The molecular weight excluding hydrogens is 332 g/mol. The lowest BCUT2D eigenvalue weighted by Gasteiger charge is -2.17. The number of esters is 1. The molecule has 0 spiro atoms. The molecule has 0 aliphatic rings. The van der Waals surface area contributed by atoms with Crippen LogP contribution in [0.5, 0.6) is 5.75 Å². The van der Waals surface area contributed by atoms with Crippen LogP contribution in [0.4, 0.5) is 0 Å². The van der Waals surface area contributed by atoms with Crippen LogP contribution in [0.1, 0.15) is 17.2 Å². The summed E-state index contributed by atoms with van der Waals surface area (Å²) in [5.41, 5.74) is 1.20. The number of ether oxygens (including phenoxy) is 2. The molecule has 0 aliphatic heterocycles. The number of benzene rings is 2. The molecular formula is C17H18O6S. The zero-order chi connectivity index (χ0) is 17.7. The average Bonchev–Trinajstić information content (AvgIpc) is 2.57. The Labute approximate surface area is 141 Å². The van der Waals surface area contributed by atoms with E-state index in [2.05, 4.69) is 4.74 Å². The molecule has 6 nitrogen and oxygen atoms in total. The van der Waals surface area contributed by atoms with Crippen LogP contribution in [0.3, 0.4) is 0 Å². The fraction of sp³-hybridized carbons (Fsp3) is 0.235. The summed E-state index contributed by atoms with van der Waals surface area (Å²) < 4.78 is 39.9. The molecule has 1 unspecified atom stereocenters. The SMILES string of the molecule is COC(=O)C(OC)c1ccccc1OS(=O)(=O)c1ccc(C)cc1. The predicted molar refractivity (Wildman–Crippen MR) is 87.2 cm³/mol. The Morgan fingerprint density at radius 3 is 2.21 bits per heavy atom. The van der Waals surface area contributed by atoms with E-state index in [1.54, 1.807) is 30.3 Å². The third-order valence-corrected chi connectivity index (χ3v) is 4.61. The van der Waals surface area contributed by atoms with Gasteiger partial charge < -0.3 is 13.7 Å². The lowest BCUT2D eigenvalue weighted by Crippen LogP contribution is -2.18. The van der Waals surface area contributed by atoms with Gasteiger partial charge in [0.15, 0.2) is 6.10 Å². The van der Waals surface area contributed by atoms with E-state index in [9.17, 15) is 13.2 Å². The van der Waals surface area contributed by atoms with Gasteiger partial charge in [-0.3, -0.25) is 0 Å². The van der Waals surface area contributed by atoms with Gasteiger partial charge in [0.1, 0.15) is 10.6 Å². The van der Waals surface area contributed by atoms with Crippen molar-refractivity contribution in [3.8, 4) is 5.75 Å². The van der Waals surface area contributed by atoms with Crippen molar-refractivity contribution < 1.29 is 26.9 Å². The van der Waals surface area contributed by atoms with E-state index in [4.69, 9.17) is 8.92 Å². The summed E-state index contributed by atoms with van der Waals surface area (Å²) in [7, 11) is -1.49. The van der Waals surface area contributed by atoms with E-state index in [1.807, 2.05) is 6.92 Å². The maximum absolute atomic E-state index is 12.4. The van der Waals surface area contributed by atoms with Crippen LogP contribution in [0.25, 0.3) is 0 Å². The molecule has 0 heterocycles. The van der Waals surface area contributed by atoms with Gasteiger partial charge in [0.25, 0.3) is 0 Å². The highest BCUT2D eigenvalue weighted by Gasteiger charge is 2.27. The molecule has 1 atom stereocenters. The van der Waals surface area contributed by atoms with Gasteiger partial charge in [-0.2, -0.15) is 8.42 Å². The van der Waals surface area contributed by atoms with Gasteiger partial charge in [-0.05, 0) is 25.1 Å². The van der Waals surface area contributed by atoms with Gasteiger partial charge in [0.2, 0.25) is 0 Å². The molecule has 0 amide bonds. The molecule has 0 N–H and O–H groups in total. The molecule has 0 bridgehead atoms. The molecule has 0 radical (unpaired) electrons. The monoisotopic (exact) mass is 350 g/mol. The lowest BCUT2D eigenvalue weighted by atomic mass is 10.1. The van der Waals surface area contributed by atoms with E-state index in [1.165, 1.54) is 32.4 Å². The third-order valence-electron chi connectivity index (χ3n) is 3.36. The molecule has 128 valence electrons. The summed E-state index contributed by atoms with van der Waals surface area (Å²) in [6, 6.07) is 12.5. The highest BCUT2D eigenvalue weighted by molar-refractivity contribution is 7.87. The van der Waals surface area contributed by atoms with Crippen molar-refractivity contribution in [3.63, 3.8) is 0 Å². The minimum atomic E-state index is -4.03. The largest absolute Gasteiger partial charge is 0.467 e. The molecule has 0 saturated carbocycles. The first-order valence-corrected chi connectivity index (χ1v) is 8.50. The van der Waals surface area contributed by atoms with Gasteiger partial charge in [-0.1, -0.05) is 35.9 Å². The highest BCUT2D eigenvalue weighted by atomic mass is 32.2. The molecule has 0 aliphatic carbocycles. The fourth-order valence-electron chi connectivity index (χ4n) is 2.10. The van der Waals surface area contributed by atoms with Gasteiger partial charge in [0.05, 0.1) is 7.11 Å². The molecule has 0 saturated heterocycles. The maximum Gasteiger partial charge on any atom is 0.339 e.